The van der Waals surface area contributed by atoms with Gasteiger partial charge in [-0.3, -0.25) is 4.70 Å². The number of hydrogen-bond donors (Lipinski definition) is 0. The van der Waals surface area contributed by atoms with Crippen LogP contribution in [0.3, 0.4) is 0 Å². The molecule has 0 fully saturated rings. The molecule has 0 aromatic rings. The van der Waals surface area contributed by atoms with Gasteiger partial charge in [0.2, 0.25) is 0 Å². The maximum atomic E-state index is 4.95. The predicted molar refractivity (Wildman–Crippen MR) is 28.5 cm³/mol. The third-order valence-electron chi connectivity index (χ3n) is 0. The molecule has 28 valence electrons. The molecule has 0 nitrogen and oxygen atoms in total. The Morgan fingerprint density at radius 2 is 1.20 bits per heavy atom. The van der Waals surface area contributed by atoms with Gasteiger partial charge in [-0.25, -0.2) is 0 Å². The van der Waals surface area contributed by atoms with Crippen molar-refractivity contribution in [2.75, 3.05) is 0 Å². The summed E-state index contributed by atoms with van der Waals surface area (Å²) in [6, 6.07) is 0. The molecular weight excluding hydrogens is 170 g/mol. The predicted octanol–water partition coefficient (Wildman–Crippen LogP) is 0.234. The minimum atomic E-state index is -0.931. The van der Waals surface area contributed by atoms with Crippen LogP contribution in [0.5, 0.6) is 0 Å². The third-order valence-corrected chi connectivity index (χ3v) is 0. The third kappa shape index (κ3) is 19.4. The van der Waals surface area contributed by atoms with Crippen molar-refractivity contribution in [2.24, 2.45) is 0 Å². The van der Waals surface area contributed by atoms with E-state index in [1.54, 1.807) is 0 Å². The zero-order chi connectivity index (χ0) is 2.71. The fraction of sp³-hybridized carbons (Fsp3) is 0. The van der Waals surface area contributed by atoms with E-state index in [1.165, 1.54) is 0 Å². The fourth-order valence-corrected chi connectivity index (χ4v) is 0. The Bertz CT molecular complexity index is 7.61. The van der Waals surface area contributed by atoms with Crippen molar-refractivity contribution < 1.29 is 4.70 Å². The number of hydrogen-bond acceptors (Lipinski definition) is 0. The van der Waals surface area contributed by atoms with Gasteiger partial charge >= 0.3 is 81.4 Å². The first-order valence-corrected chi connectivity index (χ1v) is 6.61. The average Bonchev–Trinajstić information content (AvgIpc) is 0.918. The van der Waals surface area contributed by atoms with Gasteiger partial charge in [0.25, 0.3) is 0 Å². The van der Waals surface area contributed by atoms with Crippen molar-refractivity contribution in [1.29, 1.82) is 0 Å². The molecular formula is H3Ca2Cl2F. The number of halogens is 3. The van der Waals surface area contributed by atoms with Crippen LogP contribution in [0.25, 0.3) is 0 Å². The van der Waals surface area contributed by atoms with E-state index < -0.39 is 30.8 Å². The zero-order valence-electron chi connectivity index (χ0n) is 1.87. The fourth-order valence-electron chi connectivity index (χ4n) is 0. The van der Waals surface area contributed by atoms with Gasteiger partial charge in [0.1, 0.15) is 0 Å². The molecule has 0 atom stereocenters. The van der Waals surface area contributed by atoms with Gasteiger partial charge in [-0.05, 0) is 0 Å². The summed E-state index contributed by atoms with van der Waals surface area (Å²) in [4.78, 5) is 0. The van der Waals surface area contributed by atoms with Crippen molar-refractivity contribution in [3.05, 3.63) is 0 Å². The Morgan fingerprint density at radius 1 is 1.20 bits per heavy atom. The summed E-state index contributed by atoms with van der Waals surface area (Å²) < 4.78 is 0. The monoisotopic (exact) mass is 172 g/mol. The Morgan fingerprint density at radius 3 is 1.20 bits per heavy atom. The van der Waals surface area contributed by atoms with Gasteiger partial charge in [0.05, 0.1) is 0 Å². The van der Waals surface area contributed by atoms with E-state index in [2.05, 4.69) is 0 Å². The quantitative estimate of drug-likeness (QED) is 0.460. The molecule has 5 heavy (non-hydrogen) atoms. The molecule has 0 unspecified atom stereocenters. The molecule has 0 aromatic heterocycles. The van der Waals surface area contributed by atoms with Crippen molar-refractivity contribution in [1.82, 2.24) is 0 Å². The Labute approximate surface area is 83.7 Å². The van der Waals surface area contributed by atoms with Crippen molar-refractivity contribution >= 4 is 81.4 Å². The molecule has 0 bridgehead atoms. The van der Waals surface area contributed by atoms with Gasteiger partial charge in [-0.2, -0.15) is 0 Å². The van der Waals surface area contributed by atoms with Crippen LogP contribution >= 0.6 is 12.8 Å². The second-order valence-electron chi connectivity index (χ2n) is 0.101. The van der Waals surface area contributed by atoms with Crippen molar-refractivity contribution in [2.45, 2.75) is 0 Å². The van der Waals surface area contributed by atoms with Crippen molar-refractivity contribution in [3.8, 4) is 0 Å². The van der Waals surface area contributed by atoms with Crippen molar-refractivity contribution in [3.63, 3.8) is 0 Å². The molecule has 0 aliphatic heterocycles. The summed E-state index contributed by atoms with van der Waals surface area (Å²) >= 11 is -0.931. The van der Waals surface area contributed by atoms with E-state index in [0.717, 1.165) is 0 Å². The van der Waals surface area contributed by atoms with Gasteiger partial charge in [-0.1, -0.05) is 0 Å². The molecule has 0 N–H and O–H groups in total. The van der Waals surface area contributed by atoms with Gasteiger partial charge in [-0.15, -0.1) is 0 Å². The molecule has 0 amide bonds. The molecule has 0 saturated carbocycles. The molecule has 5 heteroatoms. The minimum absolute atomic E-state index is 0. The van der Waals surface area contributed by atoms with Crippen LogP contribution < -0.4 is 0 Å². The molecule has 0 saturated heterocycles. The van der Waals surface area contributed by atoms with Crippen LogP contribution in [0.4, 0.5) is 4.70 Å². The van der Waals surface area contributed by atoms with Gasteiger partial charge in [0, 0.05) is 0 Å². The van der Waals surface area contributed by atoms with E-state index in [-0.39, 0.29) is 42.4 Å². The Balaban J connectivity index is -0.0000000200. The van der Waals surface area contributed by atoms with Crippen LogP contribution in [0.2, 0.25) is 0 Å². The first-order chi connectivity index (χ1) is 1.41. The Kier molecular flexibility index (Phi) is 49.4. The summed E-state index contributed by atoms with van der Waals surface area (Å²) in [5.41, 5.74) is 0. The molecule has 0 radical (unpaired) electrons. The molecule has 0 aromatic carbocycles. The second-order valence-corrected chi connectivity index (χ2v) is 3.75. The van der Waals surface area contributed by atoms with E-state index >= 15 is 0 Å². The zero-order valence-corrected chi connectivity index (χ0v) is 5.59. The molecule has 0 rings (SSSR count). The van der Waals surface area contributed by atoms with Crippen LogP contribution in [0, 0.1) is 0 Å². The Hall–Kier alpha value is 3.03. The van der Waals surface area contributed by atoms with Crippen LogP contribution in [-0.4, -0.2) is 68.6 Å². The summed E-state index contributed by atoms with van der Waals surface area (Å²) in [7, 11) is 0. The van der Waals surface area contributed by atoms with Crippen LogP contribution in [0.15, 0.2) is 0 Å². The molecule has 0 spiro atoms. The number of rotatable bonds is 0. The average molecular weight is 173 g/mol. The second kappa shape index (κ2) is 15.7. The summed E-state index contributed by atoms with van der Waals surface area (Å²) in [5, 5.41) is 0. The van der Waals surface area contributed by atoms with E-state index in [1.807, 2.05) is 0 Å². The van der Waals surface area contributed by atoms with Crippen LogP contribution in [0.1, 0.15) is 0 Å². The molecule has 0 aliphatic rings. The first kappa shape index (κ1) is 15.7. The maximum absolute atomic E-state index is 4.95. The summed E-state index contributed by atoms with van der Waals surface area (Å²) in [6.45, 7) is 0. The van der Waals surface area contributed by atoms with E-state index in [4.69, 9.17) is 12.8 Å². The SMILES string of the molecule is F.[CaH2].[Cl][Ca][Cl]. The van der Waals surface area contributed by atoms with Gasteiger partial charge in [0.15, 0.2) is 0 Å². The molecule has 0 aliphatic carbocycles. The first-order valence-electron chi connectivity index (χ1n) is 0.535. The standard InChI is InChI=1S/2Ca.2ClH.FH.2H/h;;3*1H;;/q;+2;;;;;/p-2. The molecule has 0 heterocycles. The summed E-state index contributed by atoms with van der Waals surface area (Å²) in [5.74, 6) is 0. The van der Waals surface area contributed by atoms with E-state index in [0.29, 0.717) is 0 Å². The topological polar surface area (TPSA) is 0 Å². The van der Waals surface area contributed by atoms with Crippen LogP contribution in [-0.2, 0) is 0 Å². The normalized spacial score (nSPS) is 2.00. The summed E-state index contributed by atoms with van der Waals surface area (Å²) in [6.07, 6.45) is 9.90. The van der Waals surface area contributed by atoms with Gasteiger partial charge < -0.3 is 0 Å². The van der Waals surface area contributed by atoms with E-state index in [9.17, 15) is 0 Å².